The molecule has 0 radical (unpaired) electrons. The number of hydrogen-bond acceptors (Lipinski definition) is 1. The molecule has 39 heavy (non-hydrogen) atoms. The number of halogens is 1. The molecule has 0 bridgehead atoms. The maximum atomic E-state index is 6.74. The molecular weight excluding hydrogens is 496 g/mol. The van der Waals surface area contributed by atoms with Gasteiger partial charge < -0.3 is 4.42 Å². The molecule has 2 heteroatoms. The highest BCUT2D eigenvalue weighted by atomic mass is 35.5. The summed E-state index contributed by atoms with van der Waals surface area (Å²) in [6.07, 6.45) is 0. The Bertz CT molecular complexity index is 1960. The SMILES string of the molecule is Clc1cccc2oc3c4c(ccc3c12)C(c1ccccc1)(c1ccccc1)c1cccc(-c2ccccc2)c1-4. The molecule has 1 heterocycles. The van der Waals surface area contributed by atoms with Crippen LogP contribution in [-0.2, 0) is 5.41 Å². The first-order valence-corrected chi connectivity index (χ1v) is 13.6. The van der Waals surface area contributed by atoms with Crippen LogP contribution in [-0.4, -0.2) is 0 Å². The Balaban J connectivity index is 1.62. The van der Waals surface area contributed by atoms with Gasteiger partial charge in [-0.05, 0) is 51.1 Å². The smallest absolute Gasteiger partial charge is 0.143 e. The van der Waals surface area contributed by atoms with Crippen LogP contribution >= 0.6 is 11.6 Å². The normalized spacial score (nSPS) is 13.5. The van der Waals surface area contributed by atoms with Crippen LogP contribution in [0.3, 0.4) is 0 Å². The van der Waals surface area contributed by atoms with Crippen LogP contribution in [0.15, 0.2) is 144 Å². The van der Waals surface area contributed by atoms with Crippen LogP contribution in [0.5, 0.6) is 0 Å². The van der Waals surface area contributed by atoms with E-state index < -0.39 is 5.41 Å². The minimum Gasteiger partial charge on any atom is -0.455 e. The van der Waals surface area contributed by atoms with E-state index in [9.17, 15) is 0 Å². The third-order valence-corrected chi connectivity index (χ3v) is 8.55. The second-order valence-electron chi connectivity index (χ2n) is 10.2. The van der Waals surface area contributed by atoms with Gasteiger partial charge in [0.05, 0.1) is 10.4 Å². The van der Waals surface area contributed by atoms with E-state index in [1.807, 2.05) is 18.2 Å². The van der Waals surface area contributed by atoms with Crippen molar-refractivity contribution in [1.29, 1.82) is 0 Å². The van der Waals surface area contributed by atoms with Gasteiger partial charge in [0.2, 0.25) is 0 Å². The molecule has 6 aromatic carbocycles. The minimum atomic E-state index is -0.505. The van der Waals surface area contributed by atoms with E-state index in [4.69, 9.17) is 16.0 Å². The standard InChI is InChI=1S/C37H23ClO/c38-31-20-11-21-32-34(31)28-22-23-30-35(36(28)39-32)33-27(24-12-4-1-5-13-24)18-10-19-29(33)37(30,25-14-6-2-7-15-25)26-16-8-3-9-17-26/h1-23H. The lowest BCUT2D eigenvalue weighted by molar-refractivity contribution is 0.669. The van der Waals surface area contributed by atoms with E-state index in [0.717, 1.165) is 27.5 Å². The molecule has 0 saturated heterocycles. The lowest BCUT2D eigenvalue weighted by Crippen LogP contribution is -2.28. The number of benzene rings is 6. The van der Waals surface area contributed by atoms with Gasteiger partial charge in [-0.3, -0.25) is 0 Å². The number of rotatable bonds is 3. The van der Waals surface area contributed by atoms with Crippen LogP contribution in [0.25, 0.3) is 44.2 Å². The maximum Gasteiger partial charge on any atom is 0.143 e. The highest BCUT2D eigenvalue weighted by Crippen LogP contribution is 2.60. The summed E-state index contributed by atoms with van der Waals surface area (Å²) in [5.74, 6) is 0. The van der Waals surface area contributed by atoms with Gasteiger partial charge in [-0.2, -0.15) is 0 Å². The average molecular weight is 519 g/mol. The van der Waals surface area contributed by atoms with Gasteiger partial charge in [0, 0.05) is 16.3 Å². The van der Waals surface area contributed by atoms with Crippen LogP contribution in [0, 0.1) is 0 Å². The Morgan fingerprint density at radius 2 is 1.13 bits per heavy atom. The molecule has 0 spiro atoms. The van der Waals surface area contributed by atoms with Crippen LogP contribution < -0.4 is 0 Å². The van der Waals surface area contributed by atoms with Crippen LogP contribution in [0.1, 0.15) is 22.3 Å². The molecule has 0 amide bonds. The summed E-state index contributed by atoms with van der Waals surface area (Å²) in [4.78, 5) is 0. The Labute approximate surface area is 231 Å². The molecule has 1 aromatic heterocycles. The van der Waals surface area contributed by atoms with Gasteiger partial charge in [0.15, 0.2) is 0 Å². The topological polar surface area (TPSA) is 13.1 Å². The lowest BCUT2D eigenvalue weighted by atomic mass is 9.67. The van der Waals surface area contributed by atoms with Gasteiger partial charge in [-0.1, -0.05) is 139 Å². The number of fused-ring (bicyclic) bond motifs is 7. The second kappa shape index (κ2) is 8.46. The molecule has 1 aliphatic carbocycles. The van der Waals surface area contributed by atoms with E-state index in [-0.39, 0.29) is 0 Å². The largest absolute Gasteiger partial charge is 0.455 e. The molecule has 0 N–H and O–H groups in total. The van der Waals surface area contributed by atoms with Crippen LogP contribution in [0.4, 0.5) is 0 Å². The molecule has 7 aromatic rings. The van der Waals surface area contributed by atoms with Crippen molar-refractivity contribution in [2.45, 2.75) is 5.41 Å². The fraction of sp³-hybridized carbons (Fsp3) is 0.0270. The molecule has 0 fully saturated rings. The van der Waals surface area contributed by atoms with Crippen molar-refractivity contribution < 1.29 is 4.42 Å². The average Bonchev–Trinajstić information content (AvgIpc) is 3.53. The molecule has 0 saturated carbocycles. The van der Waals surface area contributed by atoms with Crippen molar-refractivity contribution >= 4 is 33.5 Å². The zero-order valence-electron chi connectivity index (χ0n) is 21.1. The van der Waals surface area contributed by atoms with Crippen molar-refractivity contribution in [2.24, 2.45) is 0 Å². The fourth-order valence-electron chi connectivity index (χ4n) is 6.71. The highest BCUT2D eigenvalue weighted by Gasteiger charge is 2.48. The van der Waals surface area contributed by atoms with E-state index in [0.29, 0.717) is 5.02 Å². The fourth-order valence-corrected chi connectivity index (χ4v) is 6.98. The predicted molar refractivity (Wildman–Crippen MR) is 161 cm³/mol. The summed E-state index contributed by atoms with van der Waals surface area (Å²) >= 11 is 6.74. The van der Waals surface area contributed by atoms with Crippen LogP contribution in [0.2, 0.25) is 5.02 Å². The van der Waals surface area contributed by atoms with E-state index >= 15 is 0 Å². The van der Waals surface area contributed by atoms with E-state index in [2.05, 4.69) is 121 Å². The molecule has 8 rings (SSSR count). The molecule has 0 unspecified atom stereocenters. The molecule has 184 valence electrons. The monoisotopic (exact) mass is 518 g/mol. The van der Waals surface area contributed by atoms with Gasteiger partial charge in [0.1, 0.15) is 11.2 Å². The van der Waals surface area contributed by atoms with Gasteiger partial charge >= 0.3 is 0 Å². The molecule has 0 aliphatic heterocycles. The molecule has 1 nitrogen and oxygen atoms in total. The zero-order valence-corrected chi connectivity index (χ0v) is 21.8. The van der Waals surface area contributed by atoms with Crippen molar-refractivity contribution in [3.05, 3.63) is 167 Å². The van der Waals surface area contributed by atoms with Crippen molar-refractivity contribution in [3.8, 4) is 22.3 Å². The molecular formula is C37H23ClO. The quantitative estimate of drug-likeness (QED) is 0.227. The molecule has 1 aliphatic rings. The number of hydrogen-bond donors (Lipinski definition) is 0. The second-order valence-corrected chi connectivity index (χ2v) is 10.6. The third kappa shape index (κ3) is 3.02. The first-order chi connectivity index (χ1) is 19.3. The Morgan fingerprint density at radius 3 is 1.82 bits per heavy atom. The first-order valence-electron chi connectivity index (χ1n) is 13.2. The van der Waals surface area contributed by atoms with Gasteiger partial charge in [-0.25, -0.2) is 0 Å². The summed E-state index contributed by atoms with van der Waals surface area (Å²) in [6.45, 7) is 0. The molecule has 0 atom stereocenters. The van der Waals surface area contributed by atoms with Gasteiger partial charge in [-0.15, -0.1) is 0 Å². The maximum absolute atomic E-state index is 6.74. The van der Waals surface area contributed by atoms with E-state index in [1.165, 1.54) is 38.9 Å². The summed E-state index contributed by atoms with van der Waals surface area (Å²) in [6, 6.07) is 49.5. The third-order valence-electron chi connectivity index (χ3n) is 8.24. The summed E-state index contributed by atoms with van der Waals surface area (Å²) < 4.78 is 6.70. The summed E-state index contributed by atoms with van der Waals surface area (Å²) in [5.41, 5.74) is 10.9. The van der Waals surface area contributed by atoms with E-state index in [1.54, 1.807) is 0 Å². The predicted octanol–water partition coefficient (Wildman–Crippen LogP) is 10.3. The van der Waals surface area contributed by atoms with Crippen molar-refractivity contribution in [3.63, 3.8) is 0 Å². The summed E-state index contributed by atoms with van der Waals surface area (Å²) in [7, 11) is 0. The highest BCUT2D eigenvalue weighted by molar-refractivity contribution is 6.38. The first kappa shape index (κ1) is 22.4. The van der Waals surface area contributed by atoms with Crippen molar-refractivity contribution in [1.82, 2.24) is 0 Å². The Morgan fingerprint density at radius 1 is 0.513 bits per heavy atom. The number of furan rings is 1. The lowest BCUT2D eigenvalue weighted by Gasteiger charge is -2.33. The summed E-state index contributed by atoms with van der Waals surface area (Å²) in [5, 5.41) is 2.71. The Hall–Kier alpha value is -4.59. The Kier molecular flexibility index (Phi) is 4.86. The van der Waals surface area contributed by atoms with Crippen molar-refractivity contribution in [2.75, 3.05) is 0 Å². The zero-order chi connectivity index (χ0) is 26.0. The minimum absolute atomic E-state index is 0.505. The van der Waals surface area contributed by atoms with Gasteiger partial charge in [0.25, 0.3) is 0 Å².